The van der Waals surface area contributed by atoms with Gasteiger partial charge in [-0.05, 0) is 28.9 Å². The van der Waals surface area contributed by atoms with Gasteiger partial charge in [0.25, 0.3) is 0 Å². The normalized spacial score (nSPS) is 13.5. The Morgan fingerprint density at radius 1 is 1.22 bits per heavy atom. The summed E-state index contributed by atoms with van der Waals surface area (Å²) in [6.45, 7) is 11.4. The third-order valence-corrected chi connectivity index (χ3v) is 3.46. The standard InChI is InChI=1S/C16H26N2/c1-11(2)15(16(3,4)5)12-7-8-13(10-17)14(9-12)18-6/h7-11,15,17-18H,1-6H3. The average molecular weight is 246 g/mol. The molecule has 0 aliphatic carbocycles. The lowest BCUT2D eigenvalue weighted by atomic mass is 9.70. The summed E-state index contributed by atoms with van der Waals surface area (Å²) in [6.07, 6.45) is 1.40. The second-order valence-corrected chi connectivity index (χ2v) is 6.33. The lowest BCUT2D eigenvalue weighted by molar-refractivity contribution is 0.258. The second-order valence-electron chi connectivity index (χ2n) is 6.33. The van der Waals surface area contributed by atoms with E-state index in [1.54, 1.807) is 0 Å². The highest BCUT2D eigenvalue weighted by molar-refractivity contribution is 5.85. The molecule has 1 rings (SSSR count). The lowest BCUT2D eigenvalue weighted by Gasteiger charge is -2.35. The van der Waals surface area contributed by atoms with E-state index in [1.165, 1.54) is 11.8 Å². The molecule has 0 heterocycles. The monoisotopic (exact) mass is 246 g/mol. The van der Waals surface area contributed by atoms with Crippen LogP contribution in [0.2, 0.25) is 0 Å². The van der Waals surface area contributed by atoms with Gasteiger partial charge >= 0.3 is 0 Å². The summed E-state index contributed by atoms with van der Waals surface area (Å²) < 4.78 is 0. The van der Waals surface area contributed by atoms with E-state index in [0.29, 0.717) is 11.8 Å². The molecule has 2 N–H and O–H groups in total. The van der Waals surface area contributed by atoms with Gasteiger partial charge in [-0.1, -0.05) is 46.8 Å². The van der Waals surface area contributed by atoms with Gasteiger partial charge < -0.3 is 10.7 Å². The molecule has 100 valence electrons. The molecule has 1 aromatic carbocycles. The topological polar surface area (TPSA) is 35.9 Å². The van der Waals surface area contributed by atoms with E-state index in [-0.39, 0.29) is 5.41 Å². The maximum atomic E-state index is 7.41. The zero-order chi connectivity index (χ0) is 13.9. The first-order valence-electron chi connectivity index (χ1n) is 6.63. The van der Waals surface area contributed by atoms with Crippen LogP contribution in [-0.4, -0.2) is 13.3 Å². The summed E-state index contributed by atoms with van der Waals surface area (Å²) in [7, 11) is 1.91. The highest BCUT2D eigenvalue weighted by atomic mass is 14.8. The smallest absolute Gasteiger partial charge is 0.0429 e. The molecule has 0 amide bonds. The molecule has 18 heavy (non-hydrogen) atoms. The molecule has 2 nitrogen and oxygen atoms in total. The fourth-order valence-electron chi connectivity index (χ4n) is 2.99. The maximum Gasteiger partial charge on any atom is 0.0429 e. The van der Waals surface area contributed by atoms with E-state index in [9.17, 15) is 0 Å². The van der Waals surface area contributed by atoms with Gasteiger partial charge in [0.2, 0.25) is 0 Å². The molecule has 0 saturated carbocycles. The Kier molecular flexibility index (Phi) is 4.55. The van der Waals surface area contributed by atoms with Gasteiger partial charge in [0, 0.05) is 24.5 Å². The van der Waals surface area contributed by atoms with E-state index in [1.807, 2.05) is 13.1 Å². The highest BCUT2D eigenvalue weighted by Crippen LogP contribution is 2.41. The van der Waals surface area contributed by atoms with Crippen LogP contribution in [0.1, 0.15) is 51.7 Å². The van der Waals surface area contributed by atoms with Crippen LogP contribution >= 0.6 is 0 Å². The zero-order valence-electron chi connectivity index (χ0n) is 12.5. The molecule has 0 spiro atoms. The van der Waals surface area contributed by atoms with Crippen molar-refractivity contribution in [2.45, 2.75) is 40.5 Å². The van der Waals surface area contributed by atoms with Crippen molar-refractivity contribution in [3.05, 3.63) is 29.3 Å². The average Bonchev–Trinajstić information content (AvgIpc) is 2.26. The van der Waals surface area contributed by atoms with E-state index < -0.39 is 0 Å². The fraction of sp³-hybridized carbons (Fsp3) is 0.562. The molecule has 0 bridgehead atoms. The first-order valence-corrected chi connectivity index (χ1v) is 6.63. The van der Waals surface area contributed by atoms with E-state index in [2.05, 4.69) is 52.1 Å². The first-order chi connectivity index (χ1) is 8.31. The van der Waals surface area contributed by atoms with Gasteiger partial charge in [-0.3, -0.25) is 0 Å². The van der Waals surface area contributed by atoms with Gasteiger partial charge in [0.1, 0.15) is 0 Å². The number of benzene rings is 1. The Morgan fingerprint density at radius 3 is 2.22 bits per heavy atom. The predicted molar refractivity (Wildman–Crippen MR) is 80.9 cm³/mol. The predicted octanol–water partition coefficient (Wildman–Crippen LogP) is 4.51. The van der Waals surface area contributed by atoms with Crippen LogP contribution < -0.4 is 5.32 Å². The molecule has 0 saturated heterocycles. The number of anilines is 1. The summed E-state index contributed by atoms with van der Waals surface area (Å²) >= 11 is 0. The van der Waals surface area contributed by atoms with E-state index >= 15 is 0 Å². The van der Waals surface area contributed by atoms with Crippen molar-refractivity contribution >= 4 is 11.9 Å². The van der Waals surface area contributed by atoms with Crippen molar-refractivity contribution < 1.29 is 0 Å². The van der Waals surface area contributed by atoms with Crippen LogP contribution in [0.25, 0.3) is 0 Å². The van der Waals surface area contributed by atoms with Gasteiger partial charge in [-0.2, -0.15) is 0 Å². The molecule has 2 heteroatoms. The molecular weight excluding hydrogens is 220 g/mol. The second kappa shape index (κ2) is 5.55. The summed E-state index contributed by atoms with van der Waals surface area (Å²) in [4.78, 5) is 0. The third kappa shape index (κ3) is 3.12. The molecule has 0 aliphatic rings. The van der Waals surface area contributed by atoms with Crippen LogP contribution in [0, 0.1) is 16.7 Å². The summed E-state index contributed by atoms with van der Waals surface area (Å²) in [5, 5.41) is 10.6. The van der Waals surface area contributed by atoms with Crippen molar-refractivity contribution in [3.63, 3.8) is 0 Å². The van der Waals surface area contributed by atoms with Gasteiger partial charge in [0.15, 0.2) is 0 Å². The Balaban J connectivity index is 3.26. The Labute approximate surface area is 111 Å². The number of hydrogen-bond acceptors (Lipinski definition) is 2. The SMILES string of the molecule is CNc1cc(C(C(C)C)C(C)(C)C)ccc1C=N. The molecule has 0 aliphatic heterocycles. The quantitative estimate of drug-likeness (QED) is 0.753. The molecule has 0 fully saturated rings. The van der Waals surface area contributed by atoms with Gasteiger partial charge in [-0.15, -0.1) is 0 Å². The summed E-state index contributed by atoms with van der Waals surface area (Å²) in [5.41, 5.74) is 3.58. The number of rotatable bonds is 4. The first kappa shape index (κ1) is 14.7. The van der Waals surface area contributed by atoms with Crippen molar-refractivity contribution in [3.8, 4) is 0 Å². The van der Waals surface area contributed by atoms with Crippen LogP contribution in [0.15, 0.2) is 18.2 Å². The summed E-state index contributed by atoms with van der Waals surface area (Å²) in [6, 6.07) is 6.39. The van der Waals surface area contributed by atoms with Crippen molar-refractivity contribution in [1.82, 2.24) is 0 Å². The highest BCUT2D eigenvalue weighted by Gasteiger charge is 2.29. The third-order valence-electron chi connectivity index (χ3n) is 3.46. The molecule has 0 radical (unpaired) electrons. The Hall–Kier alpha value is -1.31. The van der Waals surface area contributed by atoms with E-state index in [0.717, 1.165) is 11.3 Å². The lowest BCUT2D eigenvalue weighted by Crippen LogP contribution is -2.23. The van der Waals surface area contributed by atoms with Crippen molar-refractivity contribution in [2.75, 3.05) is 12.4 Å². The van der Waals surface area contributed by atoms with Crippen LogP contribution in [-0.2, 0) is 0 Å². The van der Waals surface area contributed by atoms with Crippen LogP contribution in [0.3, 0.4) is 0 Å². The Morgan fingerprint density at radius 2 is 1.83 bits per heavy atom. The summed E-state index contributed by atoms with van der Waals surface area (Å²) in [5.74, 6) is 1.12. The maximum absolute atomic E-state index is 7.41. The fourth-order valence-corrected chi connectivity index (χ4v) is 2.99. The molecular formula is C16H26N2. The molecule has 1 unspecified atom stereocenters. The largest absolute Gasteiger partial charge is 0.388 e. The zero-order valence-corrected chi connectivity index (χ0v) is 12.5. The minimum atomic E-state index is 0.241. The van der Waals surface area contributed by atoms with Crippen molar-refractivity contribution in [2.24, 2.45) is 11.3 Å². The van der Waals surface area contributed by atoms with Gasteiger partial charge in [0.05, 0.1) is 0 Å². The van der Waals surface area contributed by atoms with Crippen molar-refractivity contribution in [1.29, 1.82) is 5.41 Å². The Bertz CT molecular complexity index is 414. The number of nitrogens with one attached hydrogen (secondary N) is 2. The minimum absolute atomic E-state index is 0.241. The molecule has 1 atom stereocenters. The minimum Gasteiger partial charge on any atom is -0.388 e. The van der Waals surface area contributed by atoms with Crippen LogP contribution in [0.5, 0.6) is 0 Å². The van der Waals surface area contributed by atoms with Crippen LogP contribution in [0.4, 0.5) is 5.69 Å². The number of hydrogen-bond donors (Lipinski definition) is 2. The molecule has 1 aromatic rings. The van der Waals surface area contributed by atoms with Gasteiger partial charge in [-0.25, -0.2) is 0 Å². The van der Waals surface area contributed by atoms with E-state index in [4.69, 9.17) is 5.41 Å². The molecule has 0 aromatic heterocycles.